The van der Waals surface area contributed by atoms with Crippen LogP contribution in [0.2, 0.25) is 0 Å². The van der Waals surface area contributed by atoms with E-state index in [0.29, 0.717) is 6.42 Å². The summed E-state index contributed by atoms with van der Waals surface area (Å²) in [5, 5.41) is 18.2. The number of carboxylic acid groups (broad SMARTS) is 1. The molecule has 0 saturated heterocycles. The highest BCUT2D eigenvalue weighted by Gasteiger charge is 2.44. The minimum Gasteiger partial charge on any atom is -0.480 e. The van der Waals surface area contributed by atoms with Crippen molar-refractivity contribution < 1.29 is 57.8 Å². The zero-order chi connectivity index (χ0) is 65.0. The Morgan fingerprint density at radius 3 is 1.18 bits per heavy atom. The zero-order valence-corrected chi connectivity index (χ0v) is 55.1. The topological polar surface area (TPSA) is 293 Å². The maximum atomic E-state index is 14.9. The number of likely N-dealkylation sites (N-methyl/N-ethyl adjacent to an activating group) is 7. The van der Waals surface area contributed by atoms with E-state index in [1.807, 2.05) is 76.2 Å². The second-order valence-electron chi connectivity index (χ2n) is 25.8. The van der Waals surface area contributed by atoms with Gasteiger partial charge in [0.15, 0.2) is 0 Å². The molecule has 0 unspecified atom stereocenters. The quantitative estimate of drug-likeness (QED) is 0.0607. The van der Waals surface area contributed by atoms with Crippen molar-refractivity contribution in [3.8, 4) is 0 Å². The highest BCUT2D eigenvalue weighted by Crippen LogP contribution is 2.25. The Morgan fingerprint density at radius 1 is 0.410 bits per heavy atom. The molecular weight excluding hydrogens is 1070 g/mol. The number of hydrogen-bond acceptors (Lipinski definition) is 12. The van der Waals surface area contributed by atoms with E-state index in [1.54, 1.807) is 27.7 Å². The lowest BCUT2D eigenvalue weighted by Crippen LogP contribution is -2.61. The van der Waals surface area contributed by atoms with Gasteiger partial charge in [0.25, 0.3) is 0 Å². The fourth-order valence-corrected chi connectivity index (χ4v) is 10.1. The standard InChI is InChI=1S/C60H111N11O12/c1-25-26-42(55(77)65(18)32-48(72)66(19)43(27-33(2)3)53(75)64-49(38(12)13)58(80)70(23)47(60(82)83)31-37(10)11)63-52(74)44(28-34(4)5)67(20)59(81)50(39(14)15)71(24)57(79)46(30-36(8)9)69(22)56(78)45(29-35(6)7)68(21)54(76)41(17)62-51(73)40(16)61/h33-47,49-50H,25-32,61H2,1-24H3,(H,62,73)(H,63,74)(H,64,75)(H,82,83)/t40-,41+,42-,43-,44-,45-,46-,47-,49-,50-/m0/s1. The van der Waals surface area contributed by atoms with Gasteiger partial charge in [-0.25, -0.2) is 4.79 Å². The van der Waals surface area contributed by atoms with Crippen LogP contribution >= 0.6 is 0 Å². The van der Waals surface area contributed by atoms with E-state index in [4.69, 9.17) is 5.73 Å². The number of amides is 10. The molecule has 10 amide bonds. The van der Waals surface area contributed by atoms with Gasteiger partial charge in [0, 0.05) is 49.3 Å². The van der Waals surface area contributed by atoms with Crippen molar-refractivity contribution in [3.05, 3.63) is 0 Å². The van der Waals surface area contributed by atoms with E-state index in [2.05, 4.69) is 16.0 Å². The summed E-state index contributed by atoms with van der Waals surface area (Å²) < 4.78 is 0. The number of carbonyl (C=O) groups is 11. The second-order valence-corrected chi connectivity index (χ2v) is 25.8. The maximum Gasteiger partial charge on any atom is 0.326 e. The SMILES string of the molecule is CCC[C@H](NC(=O)[C@H](CC(C)C)N(C)C(=O)[C@H](C(C)C)N(C)C(=O)[C@H](CC(C)C)N(C)C(=O)[C@H](CC(C)C)N(C)C(=O)[C@@H](C)NC(=O)[C@H](C)N)C(=O)N(C)CC(=O)N(C)[C@@H](CC(C)C)C(=O)N[C@H](C(=O)N(C)[C@@H](CC(C)C)C(=O)O)C(C)C. The molecule has 0 heterocycles. The van der Waals surface area contributed by atoms with Crippen LogP contribution in [0.15, 0.2) is 0 Å². The minimum atomic E-state index is -1.17. The second kappa shape index (κ2) is 35.4. The van der Waals surface area contributed by atoms with Crippen molar-refractivity contribution in [3.63, 3.8) is 0 Å². The molecule has 23 heteroatoms. The molecule has 23 nitrogen and oxygen atoms in total. The summed E-state index contributed by atoms with van der Waals surface area (Å²) in [6.45, 7) is 30.1. The maximum absolute atomic E-state index is 14.9. The van der Waals surface area contributed by atoms with Gasteiger partial charge in [0.05, 0.1) is 12.6 Å². The lowest BCUT2D eigenvalue weighted by Gasteiger charge is -2.41. The predicted octanol–water partition coefficient (Wildman–Crippen LogP) is 3.66. The Morgan fingerprint density at radius 2 is 0.783 bits per heavy atom. The van der Waals surface area contributed by atoms with Crippen molar-refractivity contribution in [2.75, 3.05) is 55.9 Å². The van der Waals surface area contributed by atoms with Crippen molar-refractivity contribution in [1.29, 1.82) is 0 Å². The Hall–Kier alpha value is -5.87. The lowest BCUT2D eigenvalue weighted by molar-refractivity contribution is -0.156. The van der Waals surface area contributed by atoms with Crippen LogP contribution in [-0.2, 0) is 52.7 Å². The van der Waals surface area contributed by atoms with Crippen molar-refractivity contribution in [2.24, 2.45) is 47.2 Å². The molecule has 0 aromatic rings. The molecule has 0 aromatic carbocycles. The Balaban J connectivity index is 6.90. The van der Waals surface area contributed by atoms with Gasteiger partial charge in [-0.1, -0.05) is 110 Å². The van der Waals surface area contributed by atoms with Gasteiger partial charge in [-0.15, -0.1) is 0 Å². The van der Waals surface area contributed by atoms with E-state index < -0.39 is 144 Å². The molecule has 0 bridgehead atoms. The molecule has 83 heavy (non-hydrogen) atoms. The van der Waals surface area contributed by atoms with Crippen LogP contribution < -0.4 is 21.7 Å². The number of rotatable bonds is 35. The third-order valence-corrected chi connectivity index (χ3v) is 15.0. The van der Waals surface area contributed by atoms with Crippen molar-refractivity contribution in [2.45, 2.75) is 223 Å². The van der Waals surface area contributed by atoms with Gasteiger partial charge in [-0.3, -0.25) is 47.9 Å². The molecular formula is C60H111N11O12. The average Bonchev–Trinajstić information content (AvgIpc) is 3.59. The third kappa shape index (κ3) is 23.6. The molecule has 0 aromatic heterocycles. The summed E-state index contributed by atoms with van der Waals surface area (Å²) in [4.78, 5) is 163. The molecule has 0 spiro atoms. The number of nitrogens with two attached hydrogens (primary N) is 1. The van der Waals surface area contributed by atoms with Crippen LogP contribution in [0.4, 0.5) is 0 Å². The van der Waals surface area contributed by atoms with Gasteiger partial charge in [-0.2, -0.15) is 0 Å². The zero-order valence-electron chi connectivity index (χ0n) is 55.1. The molecule has 478 valence electrons. The summed E-state index contributed by atoms with van der Waals surface area (Å²) in [6.07, 6.45) is 1.63. The summed E-state index contributed by atoms with van der Waals surface area (Å²) in [5.41, 5.74) is 5.73. The molecule has 0 aliphatic heterocycles. The first kappa shape index (κ1) is 77.1. The Bertz CT molecular complexity index is 2180. The first-order chi connectivity index (χ1) is 38.1. The number of carbonyl (C=O) groups excluding carboxylic acids is 10. The van der Waals surface area contributed by atoms with Gasteiger partial charge in [-0.05, 0) is 93.8 Å². The van der Waals surface area contributed by atoms with Crippen LogP contribution in [0.3, 0.4) is 0 Å². The van der Waals surface area contributed by atoms with Gasteiger partial charge >= 0.3 is 5.97 Å². The first-order valence-corrected chi connectivity index (χ1v) is 29.8. The summed E-state index contributed by atoms with van der Waals surface area (Å²) >= 11 is 0. The molecule has 0 radical (unpaired) electrons. The fourth-order valence-electron chi connectivity index (χ4n) is 10.1. The number of hydrogen-bond donors (Lipinski definition) is 5. The molecule has 0 aliphatic carbocycles. The number of carboxylic acids is 1. The molecule has 6 N–H and O–H groups in total. The van der Waals surface area contributed by atoms with E-state index in [-0.39, 0.29) is 68.1 Å². The smallest absolute Gasteiger partial charge is 0.326 e. The van der Waals surface area contributed by atoms with Crippen LogP contribution in [0.5, 0.6) is 0 Å². The van der Waals surface area contributed by atoms with Crippen LogP contribution in [0.1, 0.15) is 163 Å². The summed E-state index contributed by atoms with van der Waals surface area (Å²) in [7, 11) is 10.2. The highest BCUT2D eigenvalue weighted by atomic mass is 16.4. The molecule has 0 rings (SSSR count). The van der Waals surface area contributed by atoms with Crippen molar-refractivity contribution >= 4 is 65.0 Å². The average molecular weight is 1180 g/mol. The molecule has 0 saturated carbocycles. The van der Waals surface area contributed by atoms with E-state index in [1.165, 1.54) is 92.6 Å². The van der Waals surface area contributed by atoms with Crippen LogP contribution in [-0.4, -0.2) is 221 Å². The van der Waals surface area contributed by atoms with Crippen LogP contribution in [0, 0.1) is 41.4 Å². The number of nitrogens with one attached hydrogen (secondary N) is 3. The molecule has 0 aliphatic rings. The fraction of sp³-hybridized carbons (Fsp3) is 0.817. The Labute approximate surface area is 497 Å². The predicted molar refractivity (Wildman–Crippen MR) is 322 cm³/mol. The normalized spacial score (nSPS) is 15.3. The van der Waals surface area contributed by atoms with Crippen molar-refractivity contribution in [1.82, 2.24) is 50.2 Å². The number of aliphatic carboxylic acids is 1. The van der Waals surface area contributed by atoms with E-state index in [9.17, 15) is 57.8 Å². The summed E-state index contributed by atoms with van der Waals surface area (Å²) in [6, 6.07) is -10.7. The monoisotopic (exact) mass is 1180 g/mol. The lowest BCUT2D eigenvalue weighted by atomic mass is 9.94. The van der Waals surface area contributed by atoms with Gasteiger partial charge < -0.3 is 61.1 Å². The largest absolute Gasteiger partial charge is 0.480 e. The van der Waals surface area contributed by atoms with Gasteiger partial charge in [0.2, 0.25) is 59.1 Å². The van der Waals surface area contributed by atoms with Gasteiger partial charge in [0.1, 0.15) is 54.4 Å². The first-order valence-electron chi connectivity index (χ1n) is 29.8. The third-order valence-electron chi connectivity index (χ3n) is 15.0. The molecule has 0 fully saturated rings. The molecule has 10 atom stereocenters. The Kier molecular flexibility index (Phi) is 32.9. The highest BCUT2D eigenvalue weighted by molar-refractivity contribution is 5.98. The summed E-state index contributed by atoms with van der Waals surface area (Å²) in [5.74, 6) is -8.23. The minimum absolute atomic E-state index is 0.0309. The van der Waals surface area contributed by atoms with Crippen LogP contribution in [0.25, 0.3) is 0 Å². The van der Waals surface area contributed by atoms with E-state index >= 15 is 0 Å². The number of nitrogens with zero attached hydrogens (tertiary/aromatic N) is 7. The van der Waals surface area contributed by atoms with E-state index in [0.717, 1.165) is 4.90 Å².